The van der Waals surface area contributed by atoms with Gasteiger partial charge in [0.05, 0.1) is 7.11 Å². The van der Waals surface area contributed by atoms with Crippen LogP contribution in [0.4, 0.5) is 0 Å². The lowest BCUT2D eigenvalue weighted by Gasteiger charge is -2.00. The molecule has 0 N–H and O–H groups in total. The van der Waals surface area contributed by atoms with Crippen LogP contribution in [0.3, 0.4) is 0 Å². The predicted molar refractivity (Wildman–Crippen MR) is 60.3 cm³/mol. The number of esters is 1. The fourth-order valence-electron chi connectivity index (χ4n) is 1.20. The van der Waals surface area contributed by atoms with Crippen molar-refractivity contribution in [1.29, 1.82) is 0 Å². The summed E-state index contributed by atoms with van der Waals surface area (Å²) in [6.07, 6.45) is -1.53. The normalized spacial score (nSPS) is 21.7. The molecule has 1 heterocycles. The number of carbonyl (C=O) groups excluding carboxylic acids is 2. The highest BCUT2D eigenvalue weighted by atomic mass is 32.2. The summed E-state index contributed by atoms with van der Waals surface area (Å²) in [6.45, 7) is 0. The first-order valence-electron chi connectivity index (χ1n) is 4.89. The van der Waals surface area contributed by atoms with Crippen molar-refractivity contribution < 1.29 is 23.2 Å². The van der Waals surface area contributed by atoms with E-state index in [2.05, 4.69) is 4.74 Å². The summed E-state index contributed by atoms with van der Waals surface area (Å²) in [5.74, 6) is 0.0322. The predicted octanol–water partition coefficient (Wildman–Crippen LogP) is 1.18. The number of para-hydroxylation sites is 1. The summed E-state index contributed by atoms with van der Waals surface area (Å²) in [7, 11) is 1.25. The number of ether oxygens (including phenoxy) is 2. The van der Waals surface area contributed by atoms with Crippen molar-refractivity contribution in [3.63, 3.8) is 0 Å². The van der Waals surface area contributed by atoms with Crippen molar-refractivity contribution in [2.45, 2.75) is 12.2 Å². The number of hydrogen-bond acceptors (Lipinski definition) is 6. The number of benzene rings is 1. The van der Waals surface area contributed by atoms with Crippen LogP contribution in [0, 0.1) is 0 Å². The Morgan fingerprint density at radius 3 is 2.59 bits per heavy atom. The highest BCUT2D eigenvalue weighted by Crippen LogP contribution is 2.29. The van der Waals surface area contributed by atoms with E-state index in [4.69, 9.17) is 8.92 Å². The van der Waals surface area contributed by atoms with Gasteiger partial charge in [0.1, 0.15) is 17.8 Å². The Morgan fingerprint density at radius 2 is 1.94 bits per heavy atom. The maximum atomic E-state index is 11.5. The molecular formula is C11H10O5S. The summed E-state index contributed by atoms with van der Waals surface area (Å²) < 4.78 is 14.5. The Kier molecular flexibility index (Phi) is 3.65. The van der Waals surface area contributed by atoms with E-state index in [0.717, 1.165) is 0 Å². The molecule has 17 heavy (non-hydrogen) atoms. The van der Waals surface area contributed by atoms with E-state index in [1.165, 1.54) is 7.11 Å². The van der Waals surface area contributed by atoms with Gasteiger partial charge in [-0.25, -0.2) is 4.79 Å². The van der Waals surface area contributed by atoms with Gasteiger partial charge in [-0.1, -0.05) is 18.2 Å². The zero-order valence-corrected chi connectivity index (χ0v) is 9.81. The number of rotatable bonds is 4. The van der Waals surface area contributed by atoms with E-state index in [1.54, 1.807) is 24.3 Å². The minimum atomic E-state index is -0.778. The summed E-state index contributed by atoms with van der Waals surface area (Å²) in [6, 6.07) is 8.89. The smallest absolute Gasteiger partial charge is 0.338 e. The van der Waals surface area contributed by atoms with Gasteiger partial charge >= 0.3 is 5.97 Å². The first kappa shape index (κ1) is 11.9. The van der Waals surface area contributed by atoms with Crippen LogP contribution in [0.25, 0.3) is 0 Å². The third-order valence-electron chi connectivity index (χ3n) is 2.12. The lowest BCUT2D eigenvalue weighted by molar-refractivity contribution is -0.142. The monoisotopic (exact) mass is 254 g/mol. The molecule has 0 spiro atoms. The third kappa shape index (κ3) is 2.98. The van der Waals surface area contributed by atoms with Gasteiger partial charge in [-0.05, 0) is 12.1 Å². The molecule has 0 aromatic heterocycles. The van der Waals surface area contributed by atoms with Gasteiger partial charge in [-0.2, -0.15) is 0 Å². The standard InChI is InChI=1S/C11H10O5S/c1-14-10(12)8-9(15-8)11(13)17-16-7-5-3-2-4-6-7/h2-6,8-9H,1H3/t8-,9+/m0/s1. The molecule has 1 fully saturated rings. The van der Waals surface area contributed by atoms with Gasteiger partial charge in [0.15, 0.2) is 12.2 Å². The van der Waals surface area contributed by atoms with Crippen molar-refractivity contribution in [2.75, 3.05) is 7.11 Å². The van der Waals surface area contributed by atoms with Crippen LogP contribution in [0.15, 0.2) is 30.3 Å². The van der Waals surface area contributed by atoms with Crippen LogP contribution < -0.4 is 4.18 Å². The minimum absolute atomic E-state index is 0.343. The van der Waals surface area contributed by atoms with E-state index in [0.29, 0.717) is 17.8 Å². The summed E-state index contributed by atoms with van der Waals surface area (Å²) >= 11 is 0.660. The largest absolute Gasteiger partial charge is 0.467 e. The van der Waals surface area contributed by atoms with Crippen molar-refractivity contribution in [3.8, 4) is 5.75 Å². The average Bonchev–Trinajstić information content (AvgIpc) is 3.16. The minimum Gasteiger partial charge on any atom is -0.467 e. The number of epoxide rings is 1. The van der Waals surface area contributed by atoms with E-state index in [-0.39, 0.29) is 5.12 Å². The summed E-state index contributed by atoms with van der Waals surface area (Å²) in [4.78, 5) is 22.5. The van der Waals surface area contributed by atoms with Crippen molar-refractivity contribution in [3.05, 3.63) is 30.3 Å². The topological polar surface area (TPSA) is 65.1 Å². The Bertz CT molecular complexity index is 419. The molecule has 1 aromatic carbocycles. The fourth-order valence-corrected chi connectivity index (χ4v) is 1.76. The maximum Gasteiger partial charge on any atom is 0.338 e. The van der Waals surface area contributed by atoms with Crippen LogP contribution in [0.2, 0.25) is 0 Å². The second-order valence-corrected chi connectivity index (χ2v) is 4.03. The molecule has 2 rings (SSSR count). The van der Waals surface area contributed by atoms with Crippen LogP contribution in [0.1, 0.15) is 0 Å². The average molecular weight is 254 g/mol. The van der Waals surface area contributed by atoms with E-state index in [1.807, 2.05) is 6.07 Å². The van der Waals surface area contributed by atoms with Crippen LogP contribution >= 0.6 is 12.0 Å². The van der Waals surface area contributed by atoms with Crippen LogP contribution in [-0.2, 0) is 19.1 Å². The van der Waals surface area contributed by atoms with Gasteiger partial charge in [0.25, 0.3) is 5.12 Å². The molecular weight excluding hydrogens is 244 g/mol. The second kappa shape index (κ2) is 5.20. The number of carbonyl (C=O) groups is 2. The zero-order chi connectivity index (χ0) is 12.3. The molecule has 1 saturated heterocycles. The van der Waals surface area contributed by atoms with Gasteiger partial charge in [-0.15, -0.1) is 0 Å². The van der Waals surface area contributed by atoms with Crippen molar-refractivity contribution >= 4 is 23.1 Å². The molecule has 0 amide bonds. The Balaban J connectivity index is 1.78. The highest BCUT2D eigenvalue weighted by molar-refractivity contribution is 8.10. The molecule has 0 radical (unpaired) electrons. The highest BCUT2D eigenvalue weighted by Gasteiger charge is 2.52. The van der Waals surface area contributed by atoms with Crippen molar-refractivity contribution in [1.82, 2.24) is 0 Å². The molecule has 1 aliphatic rings. The molecule has 90 valence electrons. The zero-order valence-electron chi connectivity index (χ0n) is 8.99. The molecule has 0 aliphatic carbocycles. The maximum absolute atomic E-state index is 11.5. The second-order valence-electron chi connectivity index (χ2n) is 3.30. The van der Waals surface area contributed by atoms with Crippen LogP contribution in [-0.4, -0.2) is 30.4 Å². The fraction of sp³-hybridized carbons (Fsp3) is 0.273. The van der Waals surface area contributed by atoms with E-state index >= 15 is 0 Å². The molecule has 5 nitrogen and oxygen atoms in total. The summed E-state index contributed by atoms with van der Waals surface area (Å²) in [5, 5.41) is -0.343. The quantitative estimate of drug-likeness (QED) is 0.456. The Labute approximate surface area is 102 Å². The molecule has 0 bridgehead atoms. The molecule has 0 unspecified atom stereocenters. The molecule has 0 saturated carbocycles. The number of hydrogen-bond donors (Lipinski definition) is 0. The van der Waals surface area contributed by atoms with Crippen LogP contribution in [0.5, 0.6) is 5.75 Å². The van der Waals surface area contributed by atoms with Gasteiger partial charge in [-0.3, -0.25) is 4.79 Å². The first-order valence-corrected chi connectivity index (χ1v) is 5.63. The van der Waals surface area contributed by atoms with Gasteiger partial charge in [0.2, 0.25) is 0 Å². The van der Waals surface area contributed by atoms with Crippen molar-refractivity contribution in [2.24, 2.45) is 0 Å². The Morgan fingerprint density at radius 1 is 1.24 bits per heavy atom. The van der Waals surface area contributed by atoms with E-state index < -0.39 is 18.2 Å². The molecule has 1 aliphatic heterocycles. The molecule has 1 aromatic rings. The molecule has 2 atom stereocenters. The number of methoxy groups -OCH3 is 1. The third-order valence-corrected chi connectivity index (χ3v) is 2.79. The van der Waals surface area contributed by atoms with Gasteiger partial charge < -0.3 is 13.7 Å². The first-order chi connectivity index (χ1) is 8.22. The lowest BCUT2D eigenvalue weighted by atomic mass is 10.3. The Hall–Kier alpha value is -1.53. The summed E-state index contributed by atoms with van der Waals surface area (Å²) in [5.41, 5.74) is 0. The molecule has 6 heteroatoms. The van der Waals surface area contributed by atoms with E-state index in [9.17, 15) is 9.59 Å². The SMILES string of the molecule is COC(=O)[C@H]1O[C@H]1C(=O)SOc1ccccc1. The van der Waals surface area contributed by atoms with Gasteiger partial charge in [0, 0.05) is 0 Å². The lowest BCUT2D eigenvalue weighted by Crippen LogP contribution is -2.15.